The maximum Gasteiger partial charge on any atom is 0.152 e. The van der Waals surface area contributed by atoms with Crippen molar-refractivity contribution in [3.05, 3.63) is 35.5 Å². The van der Waals surface area contributed by atoms with Crippen LogP contribution in [0.25, 0.3) is 0 Å². The summed E-state index contributed by atoms with van der Waals surface area (Å²) in [6.07, 6.45) is 0.984. The Hall–Kier alpha value is -1.97. The molecule has 0 spiro atoms. The number of nitrogens with zero attached hydrogens (tertiary/aromatic N) is 2. The van der Waals surface area contributed by atoms with E-state index in [1.807, 2.05) is 17.7 Å². The molecule has 1 aromatic heterocycles. The molecule has 0 radical (unpaired) electrons. The van der Waals surface area contributed by atoms with Gasteiger partial charge in [-0.05, 0) is 38.8 Å². The van der Waals surface area contributed by atoms with Gasteiger partial charge in [-0.15, -0.1) is 0 Å². The van der Waals surface area contributed by atoms with Gasteiger partial charge in [0.1, 0.15) is 0 Å². The zero-order chi connectivity index (χ0) is 14.0. The van der Waals surface area contributed by atoms with Crippen LogP contribution < -0.4 is 11.1 Å². The van der Waals surface area contributed by atoms with Gasteiger partial charge in [-0.25, -0.2) is 4.68 Å². The van der Waals surface area contributed by atoms with Crippen LogP contribution in [0, 0.1) is 6.92 Å². The minimum absolute atomic E-state index is 0.271. The number of benzene rings is 1. The number of anilines is 3. The largest absolute Gasteiger partial charge is 0.394 e. The quantitative estimate of drug-likeness (QED) is 0.880. The first-order valence-electron chi connectivity index (χ1n) is 6.74. The Morgan fingerprint density at radius 1 is 1.32 bits per heavy atom. The third-order valence-electron chi connectivity index (χ3n) is 3.27. The fourth-order valence-corrected chi connectivity index (χ4v) is 2.14. The van der Waals surface area contributed by atoms with Crippen LogP contribution in [0.15, 0.2) is 24.3 Å². The number of hydrogen-bond donors (Lipinski definition) is 2. The maximum atomic E-state index is 6.13. The molecule has 0 saturated carbocycles. The average molecular weight is 258 g/mol. The van der Waals surface area contributed by atoms with E-state index in [1.165, 1.54) is 5.56 Å². The highest BCUT2D eigenvalue weighted by Crippen LogP contribution is 2.30. The molecular formula is C15H22N4. The van der Waals surface area contributed by atoms with Crippen LogP contribution in [0.5, 0.6) is 0 Å². The minimum Gasteiger partial charge on any atom is -0.394 e. The summed E-state index contributed by atoms with van der Waals surface area (Å²) >= 11 is 0. The van der Waals surface area contributed by atoms with E-state index in [9.17, 15) is 0 Å². The molecule has 0 unspecified atom stereocenters. The summed E-state index contributed by atoms with van der Waals surface area (Å²) in [4.78, 5) is 0. The second kappa shape index (κ2) is 5.34. The van der Waals surface area contributed by atoms with E-state index >= 15 is 0 Å². The summed E-state index contributed by atoms with van der Waals surface area (Å²) in [7, 11) is 0. The fourth-order valence-electron chi connectivity index (χ4n) is 2.14. The monoisotopic (exact) mass is 258 g/mol. The van der Waals surface area contributed by atoms with Gasteiger partial charge in [-0.3, -0.25) is 0 Å². The third-order valence-corrected chi connectivity index (χ3v) is 3.27. The van der Waals surface area contributed by atoms with E-state index < -0.39 is 0 Å². The van der Waals surface area contributed by atoms with E-state index in [1.54, 1.807) is 0 Å². The summed E-state index contributed by atoms with van der Waals surface area (Å²) < 4.78 is 1.94. The van der Waals surface area contributed by atoms with E-state index in [0.717, 1.165) is 29.3 Å². The zero-order valence-corrected chi connectivity index (χ0v) is 12.1. The number of aromatic nitrogens is 2. The molecule has 0 saturated heterocycles. The summed E-state index contributed by atoms with van der Waals surface area (Å²) in [5.74, 6) is 0.883. The highest BCUT2D eigenvalue weighted by Gasteiger charge is 2.15. The van der Waals surface area contributed by atoms with Crippen molar-refractivity contribution in [2.75, 3.05) is 11.1 Å². The van der Waals surface area contributed by atoms with Crippen molar-refractivity contribution >= 4 is 17.2 Å². The molecule has 1 aromatic carbocycles. The SMILES string of the molecule is CCc1ccccc1Nc1c(N)c(C)nn1C(C)C. The first-order chi connectivity index (χ1) is 9.04. The van der Waals surface area contributed by atoms with Gasteiger partial charge in [0.05, 0.1) is 11.4 Å². The molecule has 2 aromatic rings. The van der Waals surface area contributed by atoms with Crippen LogP contribution in [0.3, 0.4) is 0 Å². The molecule has 19 heavy (non-hydrogen) atoms. The number of para-hydroxylation sites is 1. The molecule has 4 nitrogen and oxygen atoms in total. The molecule has 0 aliphatic heterocycles. The van der Waals surface area contributed by atoms with Gasteiger partial charge in [-0.1, -0.05) is 25.1 Å². The van der Waals surface area contributed by atoms with E-state index in [4.69, 9.17) is 5.73 Å². The van der Waals surface area contributed by atoms with Crippen molar-refractivity contribution < 1.29 is 0 Å². The summed E-state index contributed by atoms with van der Waals surface area (Å²) in [5.41, 5.74) is 10.1. The molecule has 0 bridgehead atoms. The van der Waals surface area contributed by atoms with Crippen molar-refractivity contribution in [3.8, 4) is 0 Å². The molecule has 4 heteroatoms. The molecule has 0 atom stereocenters. The fraction of sp³-hybridized carbons (Fsp3) is 0.400. The lowest BCUT2D eigenvalue weighted by atomic mass is 10.1. The molecule has 0 aliphatic carbocycles. The van der Waals surface area contributed by atoms with Crippen LogP contribution in [0.2, 0.25) is 0 Å². The normalized spacial score (nSPS) is 11.0. The Balaban J connectivity index is 2.43. The Morgan fingerprint density at radius 2 is 2.00 bits per heavy atom. The highest BCUT2D eigenvalue weighted by molar-refractivity contribution is 5.72. The Kier molecular flexibility index (Phi) is 3.79. The van der Waals surface area contributed by atoms with E-state index in [-0.39, 0.29) is 6.04 Å². The molecule has 1 heterocycles. The smallest absolute Gasteiger partial charge is 0.152 e. The first-order valence-corrected chi connectivity index (χ1v) is 6.74. The van der Waals surface area contributed by atoms with Gasteiger partial charge in [0.25, 0.3) is 0 Å². The Bertz CT molecular complexity index is 570. The molecular weight excluding hydrogens is 236 g/mol. The van der Waals surface area contributed by atoms with Gasteiger partial charge in [0.15, 0.2) is 5.82 Å². The number of aryl methyl sites for hydroxylation is 2. The molecule has 102 valence electrons. The van der Waals surface area contributed by atoms with Crippen molar-refractivity contribution in [1.29, 1.82) is 0 Å². The number of rotatable bonds is 4. The van der Waals surface area contributed by atoms with Gasteiger partial charge < -0.3 is 11.1 Å². The lowest BCUT2D eigenvalue weighted by Gasteiger charge is -2.15. The molecule has 0 fully saturated rings. The second-order valence-corrected chi connectivity index (χ2v) is 5.02. The van der Waals surface area contributed by atoms with Crippen molar-refractivity contribution in [2.24, 2.45) is 0 Å². The Labute approximate surface area is 114 Å². The lowest BCUT2D eigenvalue weighted by Crippen LogP contribution is -2.09. The summed E-state index contributed by atoms with van der Waals surface area (Å²) in [6.45, 7) is 8.28. The molecule has 3 N–H and O–H groups in total. The van der Waals surface area contributed by atoms with E-state index in [0.29, 0.717) is 0 Å². The van der Waals surface area contributed by atoms with Gasteiger partial charge in [-0.2, -0.15) is 5.10 Å². The van der Waals surface area contributed by atoms with Crippen LogP contribution in [0.4, 0.5) is 17.2 Å². The molecule has 0 amide bonds. The average Bonchev–Trinajstić information content (AvgIpc) is 2.68. The standard InChI is InChI=1S/C15H22N4/c1-5-12-8-6-7-9-13(12)17-15-14(16)11(4)18-19(15)10(2)3/h6-10,17H,5,16H2,1-4H3. The Morgan fingerprint density at radius 3 is 2.63 bits per heavy atom. The lowest BCUT2D eigenvalue weighted by molar-refractivity contribution is 0.536. The van der Waals surface area contributed by atoms with Gasteiger partial charge >= 0.3 is 0 Å². The topological polar surface area (TPSA) is 55.9 Å². The van der Waals surface area contributed by atoms with E-state index in [2.05, 4.69) is 49.4 Å². The predicted octanol–water partition coefficient (Wildman–Crippen LogP) is 3.66. The highest BCUT2D eigenvalue weighted by atomic mass is 15.4. The van der Waals surface area contributed by atoms with Crippen LogP contribution >= 0.6 is 0 Å². The number of hydrogen-bond acceptors (Lipinski definition) is 3. The third kappa shape index (κ3) is 2.57. The summed E-state index contributed by atoms with van der Waals surface area (Å²) in [5, 5.41) is 7.93. The van der Waals surface area contributed by atoms with Gasteiger partial charge in [0.2, 0.25) is 0 Å². The van der Waals surface area contributed by atoms with Crippen LogP contribution in [-0.4, -0.2) is 9.78 Å². The van der Waals surface area contributed by atoms with Crippen molar-refractivity contribution in [1.82, 2.24) is 9.78 Å². The minimum atomic E-state index is 0.271. The van der Waals surface area contributed by atoms with Crippen molar-refractivity contribution in [3.63, 3.8) is 0 Å². The van der Waals surface area contributed by atoms with Crippen LogP contribution in [-0.2, 0) is 6.42 Å². The first kappa shape index (κ1) is 13.5. The van der Waals surface area contributed by atoms with Gasteiger partial charge in [0, 0.05) is 11.7 Å². The predicted molar refractivity (Wildman–Crippen MR) is 80.9 cm³/mol. The molecule has 0 aliphatic rings. The second-order valence-electron chi connectivity index (χ2n) is 5.02. The number of nitrogens with one attached hydrogen (secondary N) is 1. The maximum absolute atomic E-state index is 6.13. The number of nitrogens with two attached hydrogens (primary N) is 1. The molecule has 2 rings (SSSR count). The number of nitrogen functional groups attached to an aromatic ring is 1. The van der Waals surface area contributed by atoms with Crippen LogP contribution in [0.1, 0.15) is 38.1 Å². The summed E-state index contributed by atoms with van der Waals surface area (Å²) in [6, 6.07) is 8.55. The van der Waals surface area contributed by atoms with Crippen molar-refractivity contribution in [2.45, 2.75) is 40.2 Å². The zero-order valence-electron chi connectivity index (χ0n) is 12.1.